The van der Waals surface area contributed by atoms with Crippen LogP contribution in [0, 0.1) is 5.92 Å². The second-order valence-corrected chi connectivity index (χ2v) is 10.3. The van der Waals surface area contributed by atoms with Gasteiger partial charge in [-0.25, -0.2) is 4.79 Å². The quantitative estimate of drug-likeness (QED) is 0.317. The van der Waals surface area contributed by atoms with Crippen LogP contribution in [0.4, 0.5) is 0 Å². The van der Waals surface area contributed by atoms with Crippen molar-refractivity contribution in [2.24, 2.45) is 11.7 Å². The van der Waals surface area contributed by atoms with Crippen LogP contribution in [-0.2, 0) is 25.6 Å². The summed E-state index contributed by atoms with van der Waals surface area (Å²) in [6.45, 7) is 4.28. The highest BCUT2D eigenvalue weighted by molar-refractivity contribution is 7.98. The second kappa shape index (κ2) is 14.1. The maximum atomic E-state index is 13.4. The molecule has 1 aliphatic rings. The van der Waals surface area contributed by atoms with Crippen molar-refractivity contribution in [3.05, 3.63) is 35.9 Å². The van der Waals surface area contributed by atoms with Gasteiger partial charge in [-0.15, -0.1) is 0 Å². The zero-order chi connectivity index (χ0) is 26.0. The zero-order valence-corrected chi connectivity index (χ0v) is 21.6. The number of nitrogens with two attached hydrogens (primary N) is 1. The maximum absolute atomic E-state index is 13.4. The van der Waals surface area contributed by atoms with Gasteiger partial charge in [0.1, 0.15) is 18.1 Å². The van der Waals surface area contributed by atoms with Crippen LogP contribution in [0.2, 0.25) is 0 Å². The number of nitrogens with zero attached hydrogens (tertiary/aromatic N) is 1. The Balaban J connectivity index is 2.10. The summed E-state index contributed by atoms with van der Waals surface area (Å²) in [6, 6.07) is 5.66. The number of thioether (sulfide) groups is 1. The Hall–Kier alpha value is -2.59. The van der Waals surface area contributed by atoms with Gasteiger partial charge in [0.15, 0.2) is 0 Å². The number of carboxylic acids is 1. The van der Waals surface area contributed by atoms with Gasteiger partial charge in [0.05, 0.1) is 6.04 Å². The normalized spacial score (nSPS) is 18.1. The van der Waals surface area contributed by atoms with Crippen molar-refractivity contribution in [3.63, 3.8) is 0 Å². The molecule has 35 heavy (non-hydrogen) atoms. The van der Waals surface area contributed by atoms with Gasteiger partial charge < -0.3 is 26.4 Å². The fourth-order valence-corrected chi connectivity index (χ4v) is 4.66. The highest BCUT2D eigenvalue weighted by atomic mass is 32.2. The number of hydrogen-bond acceptors (Lipinski definition) is 6. The highest BCUT2D eigenvalue weighted by Gasteiger charge is 2.39. The minimum absolute atomic E-state index is 0.129. The molecule has 1 fully saturated rings. The number of carbonyl (C=O) groups is 4. The minimum Gasteiger partial charge on any atom is -0.480 e. The van der Waals surface area contributed by atoms with E-state index in [-0.39, 0.29) is 24.2 Å². The van der Waals surface area contributed by atoms with Gasteiger partial charge >= 0.3 is 5.97 Å². The van der Waals surface area contributed by atoms with Crippen molar-refractivity contribution in [1.82, 2.24) is 15.5 Å². The first-order chi connectivity index (χ1) is 16.6. The number of nitrogens with one attached hydrogen (secondary N) is 2. The monoisotopic (exact) mass is 506 g/mol. The molecule has 1 saturated heterocycles. The van der Waals surface area contributed by atoms with Crippen LogP contribution in [0.25, 0.3) is 0 Å². The molecule has 1 aromatic rings. The highest BCUT2D eigenvalue weighted by Crippen LogP contribution is 2.21. The summed E-state index contributed by atoms with van der Waals surface area (Å²) >= 11 is 1.59. The first kappa shape index (κ1) is 28.6. The van der Waals surface area contributed by atoms with Crippen LogP contribution in [0.3, 0.4) is 0 Å². The van der Waals surface area contributed by atoms with Crippen LogP contribution >= 0.6 is 11.8 Å². The molecular weight excluding hydrogens is 468 g/mol. The van der Waals surface area contributed by atoms with Gasteiger partial charge in [-0.2, -0.15) is 11.8 Å². The Morgan fingerprint density at radius 1 is 1.14 bits per heavy atom. The van der Waals surface area contributed by atoms with Crippen LogP contribution in [0.5, 0.6) is 0 Å². The average Bonchev–Trinajstić information content (AvgIpc) is 3.31. The number of carbonyl (C=O) groups excluding carboxylic acids is 3. The maximum Gasteiger partial charge on any atom is 0.326 e. The lowest BCUT2D eigenvalue weighted by molar-refractivity contribution is -0.145. The van der Waals surface area contributed by atoms with Gasteiger partial charge in [-0.05, 0) is 49.2 Å². The van der Waals surface area contributed by atoms with E-state index in [1.165, 1.54) is 4.90 Å². The van der Waals surface area contributed by atoms with Gasteiger partial charge in [0.25, 0.3) is 0 Å². The summed E-state index contributed by atoms with van der Waals surface area (Å²) in [7, 11) is 0. The van der Waals surface area contributed by atoms with E-state index in [4.69, 9.17) is 5.73 Å². The van der Waals surface area contributed by atoms with Gasteiger partial charge in [0.2, 0.25) is 17.7 Å². The average molecular weight is 507 g/mol. The summed E-state index contributed by atoms with van der Waals surface area (Å²) in [6.07, 6.45) is 4.05. The Bertz CT molecular complexity index is 867. The van der Waals surface area contributed by atoms with Crippen LogP contribution in [-0.4, -0.2) is 76.4 Å². The van der Waals surface area contributed by atoms with E-state index in [9.17, 15) is 24.3 Å². The molecule has 1 aromatic carbocycles. The fraction of sp³-hybridized carbons (Fsp3) is 0.600. The molecule has 4 atom stereocenters. The number of aliphatic carboxylic acids is 1. The number of amides is 3. The lowest BCUT2D eigenvalue weighted by atomic mass is 10.0. The van der Waals surface area contributed by atoms with Crippen molar-refractivity contribution in [3.8, 4) is 0 Å². The van der Waals surface area contributed by atoms with E-state index in [0.717, 1.165) is 11.3 Å². The molecule has 5 N–H and O–H groups in total. The first-order valence-electron chi connectivity index (χ1n) is 12.1. The number of rotatable bonds is 13. The Labute approximate surface area is 211 Å². The predicted molar refractivity (Wildman–Crippen MR) is 137 cm³/mol. The van der Waals surface area contributed by atoms with E-state index in [0.29, 0.717) is 32.2 Å². The zero-order valence-electron chi connectivity index (χ0n) is 20.7. The SMILES string of the molecule is CSCCC(N)C(=O)NC(CC(C)C)C(=O)N1CCCC1C(=O)NC(Cc1ccccc1)C(=O)O. The van der Waals surface area contributed by atoms with E-state index in [1.807, 2.05) is 38.3 Å². The smallest absolute Gasteiger partial charge is 0.326 e. The summed E-state index contributed by atoms with van der Waals surface area (Å²) in [5, 5.41) is 15.1. The molecule has 4 unspecified atom stereocenters. The molecule has 0 aliphatic carbocycles. The van der Waals surface area contributed by atoms with E-state index in [2.05, 4.69) is 10.6 Å². The third-order valence-corrected chi connectivity index (χ3v) is 6.67. The fourth-order valence-electron chi connectivity index (χ4n) is 4.17. The van der Waals surface area contributed by atoms with E-state index < -0.39 is 36.0 Å². The molecule has 0 bridgehead atoms. The van der Waals surface area contributed by atoms with Crippen LogP contribution < -0.4 is 16.4 Å². The van der Waals surface area contributed by atoms with E-state index in [1.54, 1.807) is 23.9 Å². The Morgan fingerprint density at radius 3 is 2.43 bits per heavy atom. The second-order valence-electron chi connectivity index (χ2n) is 9.36. The summed E-state index contributed by atoms with van der Waals surface area (Å²) in [4.78, 5) is 52.4. The molecule has 9 nitrogen and oxygen atoms in total. The van der Waals surface area contributed by atoms with Crippen molar-refractivity contribution < 1.29 is 24.3 Å². The van der Waals surface area contributed by atoms with Crippen molar-refractivity contribution in [2.75, 3.05) is 18.6 Å². The Morgan fingerprint density at radius 2 is 1.83 bits per heavy atom. The topological polar surface area (TPSA) is 142 Å². The van der Waals surface area contributed by atoms with Crippen molar-refractivity contribution >= 4 is 35.5 Å². The number of carboxylic acid groups (broad SMARTS) is 1. The number of hydrogen-bond donors (Lipinski definition) is 4. The van der Waals surface area contributed by atoms with Gasteiger partial charge in [0, 0.05) is 13.0 Å². The summed E-state index contributed by atoms with van der Waals surface area (Å²) in [5.74, 6) is -1.49. The van der Waals surface area contributed by atoms with E-state index >= 15 is 0 Å². The van der Waals surface area contributed by atoms with Crippen molar-refractivity contribution in [2.45, 2.75) is 70.1 Å². The molecular formula is C25H38N4O5S. The Kier molecular flexibility index (Phi) is 11.5. The molecule has 2 rings (SSSR count). The molecule has 194 valence electrons. The standard InChI is InChI=1S/C25H38N4O5S/c1-16(2)14-19(27-22(30)18(26)11-13-35-3)24(32)29-12-7-10-21(29)23(31)28-20(25(33)34)15-17-8-5-4-6-9-17/h4-6,8-9,16,18-21H,7,10-15,26H2,1-3H3,(H,27,30)(H,28,31)(H,33,34). The molecule has 1 aliphatic heterocycles. The molecule has 10 heteroatoms. The number of likely N-dealkylation sites (tertiary alicyclic amines) is 1. The molecule has 0 aromatic heterocycles. The molecule has 0 saturated carbocycles. The molecule has 0 spiro atoms. The third kappa shape index (κ3) is 8.85. The molecule has 0 radical (unpaired) electrons. The lowest BCUT2D eigenvalue weighted by Crippen LogP contribution is -2.57. The van der Waals surface area contributed by atoms with Crippen LogP contribution in [0.15, 0.2) is 30.3 Å². The third-order valence-electron chi connectivity index (χ3n) is 6.03. The van der Waals surface area contributed by atoms with Gasteiger partial charge in [-0.1, -0.05) is 44.2 Å². The van der Waals surface area contributed by atoms with Crippen LogP contribution in [0.1, 0.15) is 45.1 Å². The molecule has 3 amide bonds. The minimum atomic E-state index is -1.14. The summed E-state index contributed by atoms with van der Waals surface area (Å²) in [5.41, 5.74) is 6.78. The largest absolute Gasteiger partial charge is 0.480 e. The first-order valence-corrected chi connectivity index (χ1v) is 13.5. The van der Waals surface area contributed by atoms with Crippen molar-refractivity contribution in [1.29, 1.82) is 0 Å². The molecule has 1 heterocycles. The summed E-state index contributed by atoms with van der Waals surface area (Å²) < 4.78 is 0. The predicted octanol–water partition coefficient (Wildman–Crippen LogP) is 1.40. The lowest BCUT2D eigenvalue weighted by Gasteiger charge is -2.30. The van der Waals surface area contributed by atoms with Gasteiger partial charge in [-0.3, -0.25) is 14.4 Å². The number of benzene rings is 1.